The fraction of sp³-hybridized carbons (Fsp3) is 0.526. The van der Waals surface area contributed by atoms with Crippen molar-refractivity contribution in [3.05, 3.63) is 23.8 Å². The molecule has 144 valence electrons. The van der Waals surface area contributed by atoms with Gasteiger partial charge in [0.2, 0.25) is 11.8 Å². The number of aliphatic carboxylic acids is 1. The molecule has 8 nitrogen and oxygen atoms in total. The number of carboxylic acid groups (broad SMARTS) is 1. The number of amides is 2. The second-order valence-electron chi connectivity index (χ2n) is 7.76. The lowest BCUT2D eigenvalue weighted by molar-refractivity contribution is -0.147. The maximum absolute atomic E-state index is 13.2. The average Bonchev–Trinajstić information content (AvgIpc) is 3.19. The van der Waals surface area contributed by atoms with Crippen LogP contribution in [0.3, 0.4) is 0 Å². The number of hydrogen-bond donors (Lipinski definition) is 3. The van der Waals surface area contributed by atoms with Crippen LogP contribution >= 0.6 is 0 Å². The number of hydrogen-bond acceptors (Lipinski definition) is 5. The number of fused-ring (bicyclic) bond motifs is 1. The topological polar surface area (TPSA) is 122 Å². The molecule has 1 saturated heterocycles. The minimum Gasteiger partial charge on any atom is -0.497 e. The molecule has 3 aliphatic rings. The summed E-state index contributed by atoms with van der Waals surface area (Å²) in [6.45, 7) is 0.949. The van der Waals surface area contributed by atoms with Crippen molar-refractivity contribution < 1.29 is 24.2 Å². The Morgan fingerprint density at radius 2 is 2.11 bits per heavy atom. The summed E-state index contributed by atoms with van der Waals surface area (Å²) in [5.74, 6) is -2.11. The molecule has 0 radical (unpaired) electrons. The van der Waals surface area contributed by atoms with Crippen molar-refractivity contribution >= 4 is 23.5 Å². The van der Waals surface area contributed by atoms with E-state index < -0.39 is 29.3 Å². The summed E-state index contributed by atoms with van der Waals surface area (Å²) >= 11 is 0. The number of nitrogens with one attached hydrogen (secondary N) is 1. The second-order valence-corrected chi connectivity index (χ2v) is 7.76. The number of rotatable bonds is 4. The molecule has 1 aromatic carbocycles. The van der Waals surface area contributed by atoms with Crippen LogP contribution in [0.25, 0.3) is 0 Å². The Morgan fingerprint density at radius 1 is 1.33 bits per heavy atom. The normalized spacial score (nSPS) is 31.4. The van der Waals surface area contributed by atoms with Gasteiger partial charge in [0, 0.05) is 24.7 Å². The third-order valence-electron chi connectivity index (χ3n) is 6.27. The highest BCUT2D eigenvalue weighted by Gasteiger charge is 2.62. The van der Waals surface area contributed by atoms with Gasteiger partial charge in [0.1, 0.15) is 11.8 Å². The molecule has 0 bridgehead atoms. The summed E-state index contributed by atoms with van der Waals surface area (Å²) < 4.78 is 5.23. The van der Waals surface area contributed by atoms with Gasteiger partial charge in [-0.2, -0.15) is 0 Å². The molecule has 8 heteroatoms. The van der Waals surface area contributed by atoms with Crippen molar-refractivity contribution in [2.24, 2.45) is 23.0 Å². The predicted molar refractivity (Wildman–Crippen MR) is 96.3 cm³/mol. The van der Waals surface area contributed by atoms with Crippen molar-refractivity contribution in [3.8, 4) is 5.75 Å². The number of carbonyl (C=O) groups is 3. The average molecular weight is 373 g/mol. The van der Waals surface area contributed by atoms with Gasteiger partial charge in [0.25, 0.3) is 0 Å². The lowest BCUT2D eigenvalue weighted by Gasteiger charge is -2.36. The van der Waals surface area contributed by atoms with E-state index in [1.807, 2.05) is 12.1 Å². The maximum Gasteiger partial charge on any atom is 0.308 e. The fourth-order valence-corrected chi connectivity index (χ4v) is 4.65. The predicted octanol–water partition coefficient (Wildman–Crippen LogP) is 0.139. The summed E-state index contributed by atoms with van der Waals surface area (Å²) in [7, 11) is 1.59. The molecule has 27 heavy (non-hydrogen) atoms. The molecule has 4 unspecified atom stereocenters. The molecule has 2 fully saturated rings. The van der Waals surface area contributed by atoms with Crippen LogP contribution in [0.4, 0.5) is 5.69 Å². The van der Waals surface area contributed by atoms with Gasteiger partial charge in [-0.3, -0.25) is 14.4 Å². The maximum atomic E-state index is 13.2. The van der Waals surface area contributed by atoms with Crippen molar-refractivity contribution in [3.63, 3.8) is 0 Å². The van der Waals surface area contributed by atoms with Crippen molar-refractivity contribution in [1.82, 2.24) is 5.32 Å². The molecular weight excluding hydrogens is 350 g/mol. The summed E-state index contributed by atoms with van der Waals surface area (Å²) in [5, 5.41) is 12.8. The van der Waals surface area contributed by atoms with Crippen LogP contribution in [0.2, 0.25) is 0 Å². The lowest BCUT2D eigenvalue weighted by atomic mass is 9.80. The smallest absolute Gasteiger partial charge is 0.308 e. The van der Waals surface area contributed by atoms with Crippen LogP contribution in [0, 0.1) is 17.3 Å². The molecule has 4 rings (SSSR count). The number of nitrogens with two attached hydrogens (primary N) is 1. The Balaban J connectivity index is 1.54. The van der Waals surface area contributed by atoms with E-state index in [4.69, 9.17) is 10.5 Å². The Hall–Kier alpha value is -2.61. The molecule has 1 spiro atoms. The van der Waals surface area contributed by atoms with E-state index in [0.29, 0.717) is 32.4 Å². The van der Waals surface area contributed by atoms with Crippen LogP contribution in [0.5, 0.6) is 5.75 Å². The third kappa shape index (κ3) is 2.84. The highest BCUT2D eigenvalue weighted by Crippen LogP contribution is 2.58. The van der Waals surface area contributed by atoms with Gasteiger partial charge in [-0.15, -0.1) is 0 Å². The molecular formula is C19H23N3O5. The largest absolute Gasteiger partial charge is 0.497 e. The Kier molecular flexibility index (Phi) is 4.10. The zero-order chi connectivity index (χ0) is 19.3. The summed E-state index contributed by atoms with van der Waals surface area (Å²) in [4.78, 5) is 38.2. The van der Waals surface area contributed by atoms with Crippen molar-refractivity contribution in [2.45, 2.75) is 25.3 Å². The fourth-order valence-electron chi connectivity index (χ4n) is 4.65. The minimum absolute atomic E-state index is 0.238. The SMILES string of the molecule is COc1ccc2c(c1)CCN2C(=O)C1NCC2(CC1C(=O)O)CC2C(N)=O. The molecule has 2 aliphatic heterocycles. The Bertz CT molecular complexity index is 826. The highest BCUT2D eigenvalue weighted by molar-refractivity contribution is 6.01. The van der Waals surface area contributed by atoms with Crippen LogP contribution in [-0.4, -0.2) is 49.1 Å². The number of anilines is 1. The first-order valence-electron chi connectivity index (χ1n) is 9.10. The Labute approximate surface area is 156 Å². The summed E-state index contributed by atoms with van der Waals surface area (Å²) in [6.07, 6.45) is 1.59. The summed E-state index contributed by atoms with van der Waals surface area (Å²) in [5.41, 5.74) is 6.79. The van der Waals surface area contributed by atoms with E-state index in [1.165, 1.54) is 0 Å². The molecule has 0 aromatic heterocycles. The van der Waals surface area contributed by atoms with E-state index >= 15 is 0 Å². The molecule has 1 saturated carbocycles. The summed E-state index contributed by atoms with van der Waals surface area (Å²) in [6, 6.07) is 4.73. The molecule has 4 N–H and O–H groups in total. The molecule has 2 heterocycles. The quantitative estimate of drug-likeness (QED) is 0.690. The van der Waals surface area contributed by atoms with E-state index in [1.54, 1.807) is 18.1 Å². The number of benzene rings is 1. The highest BCUT2D eigenvalue weighted by atomic mass is 16.5. The first-order valence-corrected chi connectivity index (χ1v) is 9.10. The standard InChI is InChI=1S/C19H23N3O5/c1-27-11-2-3-14-10(6-11)4-5-22(14)17(24)15-12(18(25)26)7-19(9-21-15)8-13(19)16(20)23/h2-3,6,12-13,15,21H,4-5,7-9H2,1H3,(H2,20,23)(H,25,26). The van der Waals surface area contributed by atoms with E-state index in [0.717, 1.165) is 17.0 Å². The minimum atomic E-state index is -1.02. The van der Waals surface area contributed by atoms with E-state index in [9.17, 15) is 19.5 Å². The second kappa shape index (κ2) is 6.23. The zero-order valence-corrected chi connectivity index (χ0v) is 15.1. The van der Waals surface area contributed by atoms with Gasteiger partial charge >= 0.3 is 5.97 Å². The van der Waals surface area contributed by atoms with E-state index in [2.05, 4.69) is 5.32 Å². The zero-order valence-electron chi connectivity index (χ0n) is 15.1. The molecule has 4 atom stereocenters. The van der Waals surface area contributed by atoms with Crippen LogP contribution in [-0.2, 0) is 20.8 Å². The van der Waals surface area contributed by atoms with Crippen LogP contribution in [0.15, 0.2) is 18.2 Å². The molecule has 1 aromatic rings. The first-order chi connectivity index (χ1) is 12.9. The van der Waals surface area contributed by atoms with E-state index in [-0.39, 0.29) is 11.8 Å². The van der Waals surface area contributed by atoms with Gasteiger partial charge in [-0.25, -0.2) is 0 Å². The first kappa shape index (κ1) is 17.8. The number of nitrogens with zero attached hydrogens (tertiary/aromatic N) is 1. The lowest BCUT2D eigenvalue weighted by Crippen LogP contribution is -2.58. The number of methoxy groups -OCH3 is 1. The number of primary amides is 1. The van der Waals surface area contributed by atoms with Gasteiger partial charge in [-0.1, -0.05) is 0 Å². The monoisotopic (exact) mass is 373 g/mol. The van der Waals surface area contributed by atoms with Gasteiger partial charge in [0.15, 0.2) is 0 Å². The van der Waals surface area contributed by atoms with Crippen LogP contribution < -0.4 is 20.7 Å². The third-order valence-corrected chi connectivity index (χ3v) is 6.27. The molecule has 2 amide bonds. The number of carboxylic acids is 1. The number of piperidine rings is 1. The van der Waals surface area contributed by atoms with Gasteiger partial charge < -0.3 is 25.8 Å². The van der Waals surface area contributed by atoms with Crippen molar-refractivity contribution in [2.75, 3.05) is 25.1 Å². The van der Waals surface area contributed by atoms with Crippen LogP contribution in [0.1, 0.15) is 18.4 Å². The Morgan fingerprint density at radius 3 is 2.74 bits per heavy atom. The van der Waals surface area contributed by atoms with Crippen molar-refractivity contribution in [1.29, 1.82) is 0 Å². The number of carbonyl (C=O) groups excluding carboxylic acids is 2. The van der Waals surface area contributed by atoms with Gasteiger partial charge in [0.05, 0.1) is 13.0 Å². The molecule has 1 aliphatic carbocycles. The number of ether oxygens (including phenoxy) is 1. The van der Waals surface area contributed by atoms with Gasteiger partial charge in [-0.05, 0) is 48.4 Å².